The van der Waals surface area contributed by atoms with Crippen molar-refractivity contribution >= 4 is 0 Å². The Bertz CT molecular complexity index is 671. The summed E-state index contributed by atoms with van der Waals surface area (Å²) in [4.78, 5) is 7.34. The number of para-hydroxylation sites is 1. The number of fused-ring (bicyclic) bond motifs is 2. The Morgan fingerprint density at radius 3 is 3.10 bits per heavy atom. The summed E-state index contributed by atoms with van der Waals surface area (Å²) in [5.74, 6) is 0.128. The van der Waals surface area contributed by atoms with Gasteiger partial charge >= 0.3 is 6.29 Å². The minimum Gasteiger partial charge on any atom is -0.395 e. The normalized spacial score (nSPS) is 22.6. The van der Waals surface area contributed by atoms with E-state index in [2.05, 4.69) is 24.8 Å². The second kappa shape index (κ2) is 3.92. The maximum atomic E-state index is 13.2. The van der Waals surface area contributed by atoms with Gasteiger partial charge in [0.05, 0.1) is 18.1 Å². The van der Waals surface area contributed by atoms with Crippen molar-refractivity contribution in [1.82, 2.24) is 15.3 Å². The van der Waals surface area contributed by atoms with Crippen LogP contribution in [0.1, 0.15) is 23.0 Å². The van der Waals surface area contributed by atoms with E-state index in [-0.39, 0.29) is 17.5 Å². The van der Waals surface area contributed by atoms with Gasteiger partial charge in [0.25, 0.3) is 0 Å². The van der Waals surface area contributed by atoms with E-state index in [9.17, 15) is 8.78 Å². The van der Waals surface area contributed by atoms with Gasteiger partial charge in [-0.05, 0) is 6.07 Å². The quantitative estimate of drug-likeness (QED) is 0.838. The number of imidazole rings is 1. The first kappa shape index (κ1) is 11.7. The van der Waals surface area contributed by atoms with E-state index in [1.807, 2.05) is 0 Å². The molecule has 1 atom stereocenters. The van der Waals surface area contributed by atoms with Crippen LogP contribution in [-0.2, 0) is 6.42 Å². The molecule has 0 unspecified atom stereocenters. The Kier molecular flexibility index (Phi) is 2.29. The first-order valence-corrected chi connectivity index (χ1v) is 6.28. The number of H-pyrrole nitrogens is 1. The molecule has 2 aliphatic rings. The number of ether oxygens (including phenoxy) is 2. The summed E-state index contributed by atoms with van der Waals surface area (Å²) in [7, 11) is 0. The SMILES string of the molecule is FC1(F)Oc2cccc([C@H]3NCCc4[nH]cnc43)c2O1. The van der Waals surface area contributed by atoms with Crippen molar-refractivity contribution in [3.05, 3.63) is 41.5 Å². The van der Waals surface area contributed by atoms with Crippen LogP contribution in [0.5, 0.6) is 11.5 Å². The van der Waals surface area contributed by atoms with Gasteiger partial charge in [-0.3, -0.25) is 0 Å². The zero-order valence-electron chi connectivity index (χ0n) is 10.3. The second-order valence-electron chi connectivity index (χ2n) is 4.75. The van der Waals surface area contributed by atoms with Crippen molar-refractivity contribution < 1.29 is 18.3 Å². The summed E-state index contributed by atoms with van der Waals surface area (Å²) in [6, 6.07) is 4.60. The van der Waals surface area contributed by atoms with Crippen molar-refractivity contribution in [3.63, 3.8) is 0 Å². The van der Waals surface area contributed by atoms with E-state index in [0.29, 0.717) is 5.56 Å². The number of aromatic amines is 1. The third kappa shape index (κ3) is 1.66. The maximum Gasteiger partial charge on any atom is 0.586 e. The molecule has 3 heterocycles. The van der Waals surface area contributed by atoms with Crippen LogP contribution in [0.25, 0.3) is 0 Å². The Morgan fingerprint density at radius 1 is 1.30 bits per heavy atom. The first-order chi connectivity index (χ1) is 9.64. The number of hydrogen-bond donors (Lipinski definition) is 2. The maximum absolute atomic E-state index is 13.2. The van der Waals surface area contributed by atoms with Gasteiger partial charge in [0.2, 0.25) is 0 Å². The number of alkyl halides is 2. The summed E-state index contributed by atoms with van der Waals surface area (Å²) in [6.07, 6.45) is -1.17. The predicted molar refractivity (Wildman–Crippen MR) is 64.8 cm³/mol. The third-order valence-corrected chi connectivity index (χ3v) is 3.52. The smallest absolute Gasteiger partial charge is 0.395 e. The average molecular weight is 279 g/mol. The Morgan fingerprint density at radius 2 is 2.20 bits per heavy atom. The minimum atomic E-state index is -3.61. The van der Waals surface area contributed by atoms with Crippen LogP contribution in [0, 0.1) is 0 Å². The van der Waals surface area contributed by atoms with E-state index < -0.39 is 6.29 Å². The Balaban J connectivity index is 1.81. The zero-order valence-corrected chi connectivity index (χ0v) is 10.3. The van der Waals surface area contributed by atoms with Gasteiger partial charge in [-0.25, -0.2) is 4.98 Å². The number of hydrogen-bond acceptors (Lipinski definition) is 4. The molecule has 0 bridgehead atoms. The molecule has 0 fully saturated rings. The molecule has 0 radical (unpaired) electrons. The first-order valence-electron chi connectivity index (χ1n) is 6.28. The van der Waals surface area contributed by atoms with E-state index >= 15 is 0 Å². The highest BCUT2D eigenvalue weighted by Gasteiger charge is 2.45. The number of rotatable bonds is 1. The third-order valence-electron chi connectivity index (χ3n) is 3.52. The fourth-order valence-electron chi connectivity index (χ4n) is 2.69. The van der Waals surface area contributed by atoms with E-state index in [1.165, 1.54) is 6.07 Å². The minimum absolute atomic E-state index is 0.0527. The van der Waals surface area contributed by atoms with Gasteiger partial charge in [-0.15, -0.1) is 8.78 Å². The number of aromatic nitrogens is 2. The molecule has 1 aromatic carbocycles. The molecular weight excluding hydrogens is 268 g/mol. The number of nitrogens with one attached hydrogen (secondary N) is 2. The van der Waals surface area contributed by atoms with Gasteiger partial charge in [-0.1, -0.05) is 12.1 Å². The molecule has 5 nitrogen and oxygen atoms in total. The predicted octanol–water partition coefficient (Wildman–Crippen LogP) is 1.97. The summed E-state index contributed by atoms with van der Waals surface area (Å²) < 4.78 is 35.6. The average Bonchev–Trinajstić information content (AvgIpc) is 2.99. The molecule has 0 saturated heterocycles. The lowest BCUT2D eigenvalue weighted by molar-refractivity contribution is -0.287. The molecule has 20 heavy (non-hydrogen) atoms. The summed E-state index contributed by atoms with van der Waals surface area (Å²) in [5.41, 5.74) is 2.42. The zero-order chi connectivity index (χ0) is 13.7. The number of nitrogens with zero attached hydrogens (tertiary/aromatic N) is 1. The van der Waals surface area contributed by atoms with Crippen molar-refractivity contribution in [2.24, 2.45) is 0 Å². The molecule has 1 aromatic heterocycles. The number of benzene rings is 1. The highest BCUT2D eigenvalue weighted by Crippen LogP contribution is 2.46. The number of halogens is 2. The Labute approximate surface area is 112 Å². The van der Waals surface area contributed by atoms with E-state index in [0.717, 1.165) is 24.4 Å². The molecule has 0 saturated carbocycles. The summed E-state index contributed by atoms with van der Waals surface area (Å²) in [6.45, 7) is 0.737. The van der Waals surface area contributed by atoms with Gasteiger partial charge in [0.1, 0.15) is 0 Å². The van der Waals surface area contributed by atoms with Gasteiger partial charge in [0.15, 0.2) is 11.5 Å². The molecule has 104 valence electrons. The lowest BCUT2D eigenvalue weighted by atomic mass is 9.97. The second-order valence-corrected chi connectivity index (χ2v) is 4.75. The molecule has 7 heteroatoms. The molecule has 0 amide bonds. The van der Waals surface area contributed by atoms with Gasteiger partial charge in [-0.2, -0.15) is 0 Å². The molecule has 2 aromatic rings. The molecule has 0 spiro atoms. The van der Waals surface area contributed by atoms with Crippen LogP contribution in [0.3, 0.4) is 0 Å². The summed E-state index contributed by atoms with van der Waals surface area (Å²) >= 11 is 0. The Hall–Kier alpha value is -2.15. The van der Waals surface area contributed by atoms with E-state index in [4.69, 9.17) is 0 Å². The monoisotopic (exact) mass is 279 g/mol. The van der Waals surface area contributed by atoms with Crippen LogP contribution in [0.4, 0.5) is 8.78 Å². The summed E-state index contributed by atoms with van der Waals surface area (Å²) in [5, 5.41) is 3.27. The van der Waals surface area contributed by atoms with Crippen molar-refractivity contribution in [2.45, 2.75) is 18.8 Å². The molecule has 2 N–H and O–H groups in total. The van der Waals surface area contributed by atoms with Crippen LogP contribution in [-0.4, -0.2) is 22.8 Å². The highest BCUT2D eigenvalue weighted by atomic mass is 19.3. The lowest BCUT2D eigenvalue weighted by Gasteiger charge is -2.24. The standard InChI is InChI=1S/C13H11F2N3O2/c14-13(15)19-9-3-1-2-7(12(9)20-13)10-11-8(4-5-16-10)17-6-18-11/h1-3,6,10,16H,4-5H2,(H,17,18)/t10-/m1/s1. The molecule has 0 aliphatic carbocycles. The van der Waals surface area contributed by atoms with Crippen LogP contribution >= 0.6 is 0 Å². The van der Waals surface area contributed by atoms with Crippen LogP contribution < -0.4 is 14.8 Å². The van der Waals surface area contributed by atoms with Crippen molar-refractivity contribution in [3.8, 4) is 11.5 Å². The van der Waals surface area contributed by atoms with Crippen molar-refractivity contribution in [2.75, 3.05) is 6.54 Å². The van der Waals surface area contributed by atoms with Gasteiger partial charge < -0.3 is 19.8 Å². The topological polar surface area (TPSA) is 59.2 Å². The lowest BCUT2D eigenvalue weighted by Crippen LogP contribution is -2.31. The molecule has 4 rings (SSSR count). The molecule has 2 aliphatic heterocycles. The largest absolute Gasteiger partial charge is 0.586 e. The van der Waals surface area contributed by atoms with Crippen molar-refractivity contribution in [1.29, 1.82) is 0 Å². The van der Waals surface area contributed by atoms with Crippen LogP contribution in [0.15, 0.2) is 24.5 Å². The fourth-order valence-corrected chi connectivity index (χ4v) is 2.69. The van der Waals surface area contributed by atoms with Crippen LogP contribution in [0.2, 0.25) is 0 Å². The highest BCUT2D eigenvalue weighted by molar-refractivity contribution is 5.52. The molecular formula is C13H11F2N3O2. The fraction of sp³-hybridized carbons (Fsp3) is 0.308. The van der Waals surface area contributed by atoms with Gasteiger partial charge in [0, 0.05) is 24.2 Å². The van der Waals surface area contributed by atoms with E-state index in [1.54, 1.807) is 18.5 Å².